The minimum absolute atomic E-state index is 0.143. The zero-order valence-electron chi connectivity index (χ0n) is 13.6. The van der Waals surface area contributed by atoms with E-state index in [0.29, 0.717) is 5.56 Å². The van der Waals surface area contributed by atoms with Crippen LogP contribution in [0.25, 0.3) is 10.9 Å². The molecule has 3 aromatic rings. The van der Waals surface area contributed by atoms with Crippen molar-refractivity contribution in [2.24, 2.45) is 0 Å². The van der Waals surface area contributed by atoms with Crippen LogP contribution in [0, 0.1) is 6.92 Å². The van der Waals surface area contributed by atoms with Gasteiger partial charge < -0.3 is 15.2 Å². The molecular weight excluding hydrogens is 290 g/mol. The number of aromatic amines is 1. The molecule has 0 fully saturated rings. The lowest BCUT2D eigenvalue weighted by Crippen LogP contribution is -2.18. The van der Waals surface area contributed by atoms with Crippen molar-refractivity contribution in [2.45, 2.75) is 13.5 Å². The highest BCUT2D eigenvalue weighted by molar-refractivity contribution is 6.05. The van der Waals surface area contributed by atoms with E-state index in [9.17, 15) is 4.79 Å². The third-order valence-corrected chi connectivity index (χ3v) is 3.82. The Morgan fingerprint density at radius 2 is 2.22 bits per heavy atom. The summed E-state index contributed by atoms with van der Waals surface area (Å²) in [7, 11) is 4.02. The Morgan fingerprint density at radius 1 is 1.39 bits per heavy atom. The fourth-order valence-corrected chi connectivity index (χ4v) is 2.45. The van der Waals surface area contributed by atoms with Gasteiger partial charge in [-0.25, -0.2) is 0 Å². The van der Waals surface area contributed by atoms with E-state index in [4.69, 9.17) is 0 Å². The number of H-pyrrole nitrogens is 1. The fourth-order valence-electron chi connectivity index (χ4n) is 2.45. The topological polar surface area (TPSA) is 66.0 Å². The Labute approximate surface area is 135 Å². The third kappa shape index (κ3) is 3.43. The molecule has 2 aromatic heterocycles. The first-order valence-corrected chi connectivity index (χ1v) is 7.59. The molecule has 2 N–H and O–H groups in total. The number of rotatable bonds is 5. The van der Waals surface area contributed by atoms with Crippen LogP contribution in [0.2, 0.25) is 0 Å². The molecule has 0 saturated carbocycles. The highest BCUT2D eigenvalue weighted by Crippen LogP contribution is 2.23. The second-order valence-corrected chi connectivity index (χ2v) is 5.98. The Kier molecular flexibility index (Phi) is 4.16. The molecule has 2 heterocycles. The predicted octanol–water partition coefficient (Wildman–Crippen LogP) is 2.49. The summed E-state index contributed by atoms with van der Waals surface area (Å²) in [5, 5.41) is 8.34. The first-order chi connectivity index (χ1) is 11.0. The minimum Gasteiger partial charge on any atom is -0.361 e. The molecule has 3 rings (SSSR count). The van der Waals surface area contributed by atoms with Crippen LogP contribution in [-0.4, -0.2) is 46.2 Å². The van der Waals surface area contributed by atoms with Crippen LogP contribution in [0.5, 0.6) is 0 Å². The van der Waals surface area contributed by atoms with Crippen molar-refractivity contribution >= 4 is 22.5 Å². The number of aryl methyl sites for hydroxylation is 1. The number of nitrogens with one attached hydrogen (secondary N) is 2. The summed E-state index contributed by atoms with van der Waals surface area (Å²) < 4.78 is 1.79. The summed E-state index contributed by atoms with van der Waals surface area (Å²) in [5.41, 5.74) is 3.42. The van der Waals surface area contributed by atoms with Crippen molar-refractivity contribution in [1.82, 2.24) is 19.7 Å². The van der Waals surface area contributed by atoms with Gasteiger partial charge in [-0.3, -0.25) is 9.48 Å². The van der Waals surface area contributed by atoms with Gasteiger partial charge in [-0.1, -0.05) is 0 Å². The number of fused-ring (bicyclic) bond motifs is 1. The highest BCUT2D eigenvalue weighted by Gasteiger charge is 2.11. The number of hydrogen-bond donors (Lipinski definition) is 2. The molecule has 6 nitrogen and oxygen atoms in total. The molecule has 0 spiro atoms. The van der Waals surface area contributed by atoms with Crippen LogP contribution >= 0.6 is 0 Å². The first kappa shape index (κ1) is 15.3. The molecule has 120 valence electrons. The predicted molar refractivity (Wildman–Crippen MR) is 91.8 cm³/mol. The standard InChI is InChI=1S/C17H21N5O/c1-12-8-13-4-5-18-16(13)9-15(12)20-17(23)14-10-19-22(11-14)7-6-21(2)3/h4-5,8-11,18H,6-7H2,1-3H3,(H,20,23). The smallest absolute Gasteiger partial charge is 0.258 e. The van der Waals surface area contributed by atoms with Crippen LogP contribution in [0.4, 0.5) is 5.69 Å². The summed E-state index contributed by atoms with van der Waals surface area (Å²) in [6.45, 7) is 3.63. The molecular formula is C17H21N5O. The van der Waals surface area contributed by atoms with Gasteiger partial charge in [0.05, 0.1) is 18.3 Å². The van der Waals surface area contributed by atoms with Crippen molar-refractivity contribution in [2.75, 3.05) is 26.0 Å². The van der Waals surface area contributed by atoms with E-state index in [1.807, 2.05) is 39.3 Å². The number of carbonyl (C=O) groups excluding carboxylic acids is 1. The second kappa shape index (κ2) is 6.26. The number of aromatic nitrogens is 3. The molecule has 0 atom stereocenters. The summed E-state index contributed by atoms with van der Waals surface area (Å²) in [5.74, 6) is -0.143. The molecule has 1 aromatic carbocycles. The largest absolute Gasteiger partial charge is 0.361 e. The Hall–Kier alpha value is -2.60. The van der Waals surface area contributed by atoms with Gasteiger partial charge in [0.1, 0.15) is 0 Å². The average Bonchev–Trinajstić information content (AvgIpc) is 3.14. The van der Waals surface area contributed by atoms with E-state index >= 15 is 0 Å². The summed E-state index contributed by atoms with van der Waals surface area (Å²) in [4.78, 5) is 17.6. The van der Waals surface area contributed by atoms with E-state index in [2.05, 4.69) is 26.4 Å². The lowest BCUT2D eigenvalue weighted by molar-refractivity contribution is 0.102. The number of nitrogens with zero attached hydrogens (tertiary/aromatic N) is 3. The van der Waals surface area contributed by atoms with E-state index in [1.54, 1.807) is 17.1 Å². The molecule has 0 unspecified atom stereocenters. The Bertz CT molecular complexity index is 830. The second-order valence-electron chi connectivity index (χ2n) is 5.98. The van der Waals surface area contributed by atoms with E-state index < -0.39 is 0 Å². The van der Waals surface area contributed by atoms with Crippen LogP contribution < -0.4 is 5.32 Å². The average molecular weight is 311 g/mol. The number of benzene rings is 1. The van der Waals surface area contributed by atoms with Gasteiger partial charge in [-0.15, -0.1) is 0 Å². The summed E-state index contributed by atoms with van der Waals surface area (Å²) in [6.07, 6.45) is 5.28. The maximum Gasteiger partial charge on any atom is 0.258 e. The molecule has 0 aliphatic carbocycles. The Balaban J connectivity index is 1.74. The molecule has 23 heavy (non-hydrogen) atoms. The first-order valence-electron chi connectivity index (χ1n) is 7.59. The van der Waals surface area contributed by atoms with E-state index in [1.165, 1.54) is 0 Å². The quantitative estimate of drug-likeness (QED) is 0.761. The zero-order chi connectivity index (χ0) is 16.4. The summed E-state index contributed by atoms with van der Waals surface area (Å²) in [6, 6.07) is 6.03. The van der Waals surface area contributed by atoms with E-state index in [-0.39, 0.29) is 5.91 Å². The van der Waals surface area contributed by atoms with Crippen molar-refractivity contribution in [3.05, 3.63) is 47.9 Å². The van der Waals surface area contributed by atoms with Crippen LogP contribution in [0.1, 0.15) is 15.9 Å². The van der Waals surface area contributed by atoms with Gasteiger partial charge in [0.15, 0.2) is 0 Å². The SMILES string of the molecule is Cc1cc2cc[nH]c2cc1NC(=O)c1cnn(CCN(C)C)c1. The number of hydrogen-bond acceptors (Lipinski definition) is 3. The number of anilines is 1. The number of carbonyl (C=O) groups is 1. The van der Waals surface area contributed by atoms with Gasteiger partial charge in [-0.05, 0) is 50.2 Å². The molecule has 6 heteroatoms. The van der Waals surface area contributed by atoms with Crippen molar-refractivity contribution in [1.29, 1.82) is 0 Å². The van der Waals surface area contributed by atoms with Gasteiger partial charge >= 0.3 is 0 Å². The molecule has 0 bridgehead atoms. The lowest BCUT2D eigenvalue weighted by atomic mass is 10.1. The fraction of sp³-hybridized carbons (Fsp3) is 0.294. The highest BCUT2D eigenvalue weighted by atomic mass is 16.1. The van der Waals surface area contributed by atoms with Gasteiger partial charge in [0.2, 0.25) is 0 Å². The number of amides is 1. The maximum atomic E-state index is 12.4. The summed E-state index contributed by atoms with van der Waals surface area (Å²) >= 11 is 0. The van der Waals surface area contributed by atoms with Crippen LogP contribution in [0.3, 0.4) is 0 Å². The molecule has 0 saturated heterocycles. The normalized spacial score (nSPS) is 11.3. The van der Waals surface area contributed by atoms with Crippen LogP contribution in [0.15, 0.2) is 36.8 Å². The molecule has 0 radical (unpaired) electrons. The monoisotopic (exact) mass is 311 g/mol. The van der Waals surface area contributed by atoms with Gasteiger partial charge in [0.25, 0.3) is 5.91 Å². The minimum atomic E-state index is -0.143. The van der Waals surface area contributed by atoms with Crippen molar-refractivity contribution in [3.63, 3.8) is 0 Å². The molecule has 0 aliphatic heterocycles. The zero-order valence-corrected chi connectivity index (χ0v) is 13.6. The Morgan fingerprint density at radius 3 is 3.00 bits per heavy atom. The van der Waals surface area contributed by atoms with Gasteiger partial charge in [0, 0.05) is 30.1 Å². The lowest BCUT2D eigenvalue weighted by Gasteiger charge is -2.09. The molecule has 0 aliphatic rings. The van der Waals surface area contributed by atoms with Crippen molar-refractivity contribution in [3.8, 4) is 0 Å². The van der Waals surface area contributed by atoms with Gasteiger partial charge in [-0.2, -0.15) is 5.10 Å². The maximum absolute atomic E-state index is 12.4. The van der Waals surface area contributed by atoms with E-state index in [0.717, 1.165) is 35.2 Å². The van der Waals surface area contributed by atoms with Crippen LogP contribution in [-0.2, 0) is 6.54 Å². The third-order valence-electron chi connectivity index (χ3n) is 3.82. The van der Waals surface area contributed by atoms with Crippen molar-refractivity contribution < 1.29 is 4.79 Å². The molecule has 1 amide bonds. The number of likely N-dealkylation sites (N-methyl/N-ethyl adjacent to an activating group) is 1.